The van der Waals surface area contributed by atoms with Crippen molar-refractivity contribution in [3.63, 3.8) is 0 Å². The number of fused-ring (bicyclic) bond motifs is 4. The quantitative estimate of drug-likeness (QED) is 0.154. The summed E-state index contributed by atoms with van der Waals surface area (Å²) in [6.07, 6.45) is 0. The molecule has 4 heterocycles. The van der Waals surface area contributed by atoms with Gasteiger partial charge in [0.05, 0.1) is 39.6 Å². The molecule has 16 rings (SSSR count). The number of rotatable bonds is 0. The molecule has 0 aromatic heterocycles. The summed E-state index contributed by atoms with van der Waals surface area (Å²) < 4.78 is 19.9. The molecule has 4 atom stereocenters. The molecule has 4 aliphatic heterocycles. The summed E-state index contributed by atoms with van der Waals surface area (Å²) >= 11 is 0. The van der Waals surface area contributed by atoms with Gasteiger partial charge in [-0.1, -0.05) is 45.9 Å². The normalized spacial score (nSPS) is 26.6. The molecular formula is C56H42O3. The average Bonchev–Trinajstić information content (AvgIpc) is 3.71. The lowest BCUT2D eigenvalue weighted by molar-refractivity contribution is 0.0993. The molecule has 4 aliphatic carbocycles. The Kier molecular flexibility index (Phi) is 5.50. The monoisotopic (exact) mass is 762 g/mol. The summed E-state index contributed by atoms with van der Waals surface area (Å²) in [6.45, 7) is 13.7. The second-order valence-corrected chi connectivity index (χ2v) is 19.7. The number of hydrogen-bond donors (Lipinski definition) is 0. The van der Waals surface area contributed by atoms with E-state index in [0.29, 0.717) is 39.6 Å². The fraction of sp³-hybridized carbons (Fsp3) is 0.250. The maximum atomic E-state index is 6.69. The van der Waals surface area contributed by atoms with Gasteiger partial charge >= 0.3 is 0 Å². The topological polar surface area (TPSA) is 27.7 Å². The summed E-state index contributed by atoms with van der Waals surface area (Å²) in [5.74, 6) is 0. The van der Waals surface area contributed by atoms with E-state index in [0.717, 1.165) is 16.7 Å². The minimum atomic E-state index is -0.268. The Labute approximate surface area is 343 Å². The fourth-order valence-electron chi connectivity index (χ4n) is 14.5. The Bertz CT molecular complexity index is 3230. The van der Waals surface area contributed by atoms with Gasteiger partial charge in [-0.3, -0.25) is 0 Å². The molecule has 0 radical (unpaired) electrons. The molecule has 0 N–H and O–H groups in total. The van der Waals surface area contributed by atoms with Gasteiger partial charge in [-0.15, -0.1) is 0 Å². The van der Waals surface area contributed by atoms with Crippen LogP contribution in [0.25, 0.3) is 65.3 Å². The van der Waals surface area contributed by atoms with E-state index in [1.807, 2.05) is 0 Å². The predicted octanol–water partition coefficient (Wildman–Crippen LogP) is 12.9. The van der Waals surface area contributed by atoms with Gasteiger partial charge in [0.2, 0.25) is 0 Å². The van der Waals surface area contributed by atoms with E-state index in [-0.39, 0.29) is 21.7 Å². The molecule has 3 nitrogen and oxygen atoms in total. The summed E-state index contributed by atoms with van der Waals surface area (Å²) in [4.78, 5) is 0. The third-order valence-electron chi connectivity index (χ3n) is 17.3. The first kappa shape index (κ1) is 32.3. The number of ether oxygens (including phenoxy) is 3. The van der Waals surface area contributed by atoms with Crippen molar-refractivity contribution in [1.29, 1.82) is 0 Å². The SMILES string of the molecule is CC12c3cc4c5cc6cc(c5)c5cc7c1cc5c1cc5cc(c1)c4cc3[C@@]1(C)c3cc4c(cc3[C@]7(C)C21C)-c1cc(cc-4c1)COCc1cc(cc(c1)COC6)COC5. The molecule has 0 saturated carbocycles. The highest BCUT2D eigenvalue weighted by atomic mass is 16.5. The summed E-state index contributed by atoms with van der Waals surface area (Å²) in [5, 5.41) is 10.3. The van der Waals surface area contributed by atoms with Crippen LogP contribution in [0.2, 0.25) is 0 Å². The largest absolute Gasteiger partial charge is 0.372 e. The molecule has 59 heavy (non-hydrogen) atoms. The van der Waals surface area contributed by atoms with Crippen molar-refractivity contribution in [2.75, 3.05) is 0 Å². The van der Waals surface area contributed by atoms with Gasteiger partial charge in [0, 0.05) is 21.7 Å². The molecule has 20 bridgehead atoms. The van der Waals surface area contributed by atoms with Crippen LogP contribution in [0, 0.1) is 5.41 Å². The van der Waals surface area contributed by atoms with Crippen molar-refractivity contribution in [2.24, 2.45) is 5.41 Å². The molecule has 8 aromatic carbocycles. The van der Waals surface area contributed by atoms with E-state index in [9.17, 15) is 0 Å². The molecule has 0 fully saturated rings. The fourth-order valence-corrected chi connectivity index (χ4v) is 14.5. The second kappa shape index (κ2) is 10.1. The average molecular weight is 763 g/mol. The first-order valence-corrected chi connectivity index (χ1v) is 21.5. The van der Waals surface area contributed by atoms with Gasteiger partial charge < -0.3 is 14.2 Å². The number of benzene rings is 7. The summed E-state index contributed by atoms with van der Waals surface area (Å²) in [5.41, 5.74) is 20.3. The molecule has 2 unspecified atom stereocenters. The number of hydrogen-bond acceptors (Lipinski definition) is 3. The molecule has 3 heteroatoms. The first-order chi connectivity index (χ1) is 28.6. The molecule has 0 spiro atoms. The van der Waals surface area contributed by atoms with Gasteiger partial charge in [-0.25, -0.2) is 0 Å². The zero-order chi connectivity index (χ0) is 38.9. The van der Waals surface area contributed by atoms with Crippen LogP contribution in [-0.2, 0) is 70.1 Å². The van der Waals surface area contributed by atoms with Crippen molar-refractivity contribution in [1.82, 2.24) is 0 Å². The van der Waals surface area contributed by atoms with Crippen LogP contribution >= 0.6 is 0 Å². The molecule has 0 saturated heterocycles. The van der Waals surface area contributed by atoms with Crippen LogP contribution in [0.3, 0.4) is 0 Å². The smallest absolute Gasteiger partial charge is 0.0721 e. The highest BCUT2D eigenvalue weighted by Crippen LogP contribution is 2.83. The van der Waals surface area contributed by atoms with Crippen LogP contribution in [-0.4, -0.2) is 0 Å². The third-order valence-corrected chi connectivity index (χ3v) is 17.3. The van der Waals surface area contributed by atoms with E-state index in [1.54, 1.807) is 0 Å². The van der Waals surface area contributed by atoms with Gasteiger partial charge in [-0.05, 0) is 223 Å². The highest BCUT2D eigenvalue weighted by molar-refractivity contribution is 6.15. The zero-order valence-corrected chi connectivity index (χ0v) is 33.9. The highest BCUT2D eigenvalue weighted by Gasteiger charge is 2.80. The maximum absolute atomic E-state index is 6.69. The van der Waals surface area contributed by atoms with Crippen LogP contribution in [0.1, 0.15) is 94.5 Å². The van der Waals surface area contributed by atoms with Crippen molar-refractivity contribution in [2.45, 2.75) is 83.6 Å². The Morgan fingerprint density at radius 2 is 0.593 bits per heavy atom. The lowest BCUT2D eigenvalue weighted by atomic mass is 9.52. The van der Waals surface area contributed by atoms with E-state index in [2.05, 4.69) is 137 Å². The van der Waals surface area contributed by atoms with Crippen molar-refractivity contribution < 1.29 is 14.2 Å². The van der Waals surface area contributed by atoms with Gasteiger partial charge in [0.25, 0.3) is 0 Å². The van der Waals surface area contributed by atoms with E-state index >= 15 is 0 Å². The maximum Gasteiger partial charge on any atom is 0.0721 e. The predicted molar refractivity (Wildman–Crippen MR) is 236 cm³/mol. The van der Waals surface area contributed by atoms with Crippen LogP contribution < -0.4 is 0 Å². The molecule has 284 valence electrons. The van der Waals surface area contributed by atoms with Crippen molar-refractivity contribution in [3.05, 3.63) is 176 Å². The van der Waals surface area contributed by atoms with Gasteiger partial charge in [-0.2, -0.15) is 0 Å². The lowest BCUT2D eigenvalue weighted by Gasteiger charge is -2.49. The molecule has 8 aromatic rings. The molecular weight excluding hydrogens is 721 g/mol. The standard InChI is InChI=1S/C56H42O3/c1-53-47-17-41-35-8-32-9-36(14-35)42(41)18-48(47)54(2)50-20-44-38-11-34-12-39(16-38)45-21-51-49(53)19-43(45)37-10-33(13-40(15-37)46(44)22-52(50)55(51,3)56(53,54)4)27-58-24-30-5-29(23-57-26-32)6-31(7-30)25-59-28-34/h5-22H,23-28H2,1-4H3/t53-,54+,55?,56?. The zero-order valence-electron chi connectivity index (χ0n) is 33.9. The Morgan fingerprint density at radius 1 is 0.305 bits per heavy atom. The minimum absolute atomic E-state index is 0.178. The van der Waals surface area contributed by atoms with E-state index in [1.165, 1.54) is 115 Å². The Morgan fingerprint density at radius 3 is 0.932 bits per heavy atom. The molecule has 8 aliphatic rings. The van der Waals surface area contributed by atoms with Crippen LogP contribution in [0.5, 0.6) is 0 Å². The summed E-state index contributed by atoms with van der Waals surface area (Å²) in [6, 6.07) is 44.3. The van der Waals surface area contributed by atoms with Crippen LogP contribution in [0.15, 0.2) is 109 Å². The first-order valence-electron chi connectivity index (χ1n) is 21.5. The summed E-state index contributed by atoms with van der Waals surface area (Å²) in [7, 11) is 0. The lowest BCUT2D eigenvalue weighted by Crippen LogP contribution is -2.51. The third kappa shape index (κ3) is 3.49. The van der Waals surface area contributed by atoms with Crippen molar-refractivity contribution >= 4 is 43.1 Å². The van der Waals surface area contributed by atoms with E-state index in [4.69, 9.17) is 14.2 Å². The van der Waals surface area contributed by atoms with Crippen LogP contribution in [0.4, 0.5) is 0 Å². The second-order valence-electron chi connectivity index (χ2n) is 19.7. The van der Waals surface area contributed by atoms with E-state index < -0.39 is 0 Å². The Balaban J connectivity index is 1.19. The van der Waals surface area contributed by atoms with Crippen molar-refractivity contribution in [3.8, 4) is 22.3 Å². The minimum Gasteiger partial charge on any atom is -0.372 e. The molecule has 0 amide bonds. The van der Waals surface area contributed by atoms with Gasteiger partial charge in [0.15, 0.2) is 0 Å². The Hall–Kier alpha value is -5.58. The van der Waals surface area contributed by atoms with Gasteiger partial charge in [0.1, 0.15) is 0 Å².